The lowest BCUT2D eigenvalue weighted by Gasteiger charge is -2.03. The minimum atomic E-state index is -0.453. The van der Waals surface area contributed by atoms with Gasteiger partial charge in [0.1, 0.15) is 5.75 Å². The van der Waals surface area contributed by atoms with Gasteiger partial charge in [0.05, 0.1) is 12.7 Å². The average molecular weight is 222 g/mol. The van der Waals surface area contributed by atoms with Gasteiger partial charge in [-0.1, -0.05) is 26.0 Å². The number of rotatable bonds is 3. The molecule has 0 heterocycles. The number of esters is 1. The molecular formula is C13H18O3. The van der Waals surface area contributed by atoms with E-state index in [9.17, 15) is 9.90 Å². The molecule has 0 spiro atoms. The van der Waals surface area contributed by atoms with Gasteiger partial charge < -0.3 is 9.84 Å². The molecule has 0 aromatic heterocycles. The molecule has 0 aliphatic rings. The molecule has 0 aliphatic heterocycles. The van der Waals surface area contributed by atoms with E-state index >= 15 is 0 Å². The summed E-state index contributed by atoms with van der Waals surface area (Å²) >= 11 is 0. The van der Waals surface area contributed by atoms with Crippen LogP contribution in [0.4, 0.5) is 0 Å². The third kappa shape index (κ3) is 3.77. The quantitative estimate of drug-likeness (QED) is 0.631. The molecule has 0 radical (unpaired) electrons. The average Bonchev–Trinajstić information content (AvgIpc) is 2.33. The fourth-order valence-electron chi connectivity index (χ4n) is 1.14. The number of methoxy groups -OCH3 is 1. The summed E-state index contributed by atoms with van der Waals surface area (Å²) in [6.45, 7) is 7.57. The molecule has 0 bridgehead atoms. The van der Waals surface area contributed by atoms with Crippen molar-refractivity contribution < 1.29 is 14.6 Å². The summed E-state index contributed by atoms with van der Waals surface area (Å²) < 4.78 is 4.52. The van der Waals surface area contributed by atoms with Crippen LogP contribution in [0.25, 0.3) is 0 Å². The van der Waals surface area contributed by atoms with Crippen molar-refractivity contribution in [1.82, 2.24) is 0 Å². The number of phenolic OH excluding ortho intramolecular Hbond substituents is 1. The van der Waals surface area contributed by atoms with Gasteiger partial charge in [-0.25, -0.2) is 4.79 Å². The summed E-state index contributed by atoms with van der Waals surface area (Å²) in [6, 6.07) is 4.69. The summed E-state index contributed by atoms with van der Waals surface area (Å²) in [7, 11) is 1.30. The van der Waals surface area contributed by atoms with Crippen molar-refractivity contribution in [2.75, 3.05) is 7.11 Å². The molecule has 3 heteroatoms. The Morgan fingerprint density at radius 1 is 1.50 bits per heavy atom. The summed E-state index contributed by atoms with van der Waals surface area (Å²) in [4.78, 5) is 11.1. The third-order valence-electron chi connectivity index (χ3n) is 1.87. The first-order chi connectivity index (χ1) is 7.69. The number of aromatic hydroxyl groups is 1. The highest BCUT2D eigenvalue weighted by Gasteiger charge is 2.07. The Labute approximate surface area is 96.4 Å². The zero-order valence-corrected chi connectivity index (χ0v) is 9.99. The van der Waals surface area contributed by atoms with Crippen LogP contribution in [0, 0.1) is 0 Å². The number of ether oxygens (including phenoxy) is 1. The number of carbonyl (C=O) groups excluding carboxylic acids is 1. The van der Waals surface area contributed by atoms with Crippen molar-refractivity contribution in [3.05, 3.63) is 42.0 Å². The van der Waals surface area contributed by atoms with Gasteiger partial charge in [-0.15, -0.1) is 6.58 Å². The van der Waals surface area contributed by atoms with E-state index in [0.29, 0.717) is 12.0 Å². The Morgan fingerprint density at radius 2 is 2.12 bits per heavy atom. The SMILES string of the molecule is C=CCc1ccc(C(=O)OC)cc1O.CC. The van der Waals surface area contributed by atoms with Gasteiger partial charge in [-0.2, -0.15) is 0 Å². The Kier molecular flexibility index (Phi) is 6.68. The number of phenols is 1. The summed E-state index contributed by atoms with van der Waals surface area (Å²) in [5.41, 5.74) is 1.09. The molecule has 0 unspecified atom stereocenters. The van der Waals surface area contributed by atoms with Gasteiger partial charge in [-0.3, -0.25) is 0 Å². The molecule has 0 saturated carbocycles. The number of carbonyl (C=O) groups is 1. The summed E-state index contributed by atoms with van der Waals surface area (Å²) in [5, 5.41) is 9.51. The van der Waals surface area contributed by atoms with E-state index in [1.807, 2.05) is 13.8 Å². The number of hydrogen-bond donors (Lipinski definition) is 1. The van der Waals surface area contributed by atoms with Crippen molar-refractivity contribution in [2.24, 2.45) is 0 Å². The Hall–Kier alpha value is -1.77. The number of allylic oxidation sites excluding steroid dienone is 1. The minimum absolute atomic E-state index is 0.0906. The zero-order chi connectivity index (χ0) is 12.6. The maximum absolute atomic E-state index is 11.1. The van der Waals surface area contributed by atoms with Gasteiger partial charge >= 0.3 is 5.97 Å². The topological polar surface area (TPSA) is 46.5 Å². The highest BCUT2D eigenvalue weighted by molar-refractivity contribution is 5.89. The van der Waals surface area contributed by atoms with E-state index in [2.05, 4.69) is 11.3 Å². The molecule has 0 amide bonds. The van der Waals surface area contributed by atoms with E-state index in [0.717, 1.165) is 5.56 Å². The first-order valence-corrected chi connectivity index (χ1v) is 5.20. The van der Waals surface area contributed by atoms with E-state index < -0.39 is 5.97 Å². The van der Waals surface area contributed by atoms with Gasteiger partial charge in [0, 0.05) is 0 Å². The van der Waals surface area contributed by atoms with Crippen LogP contribution in [-0.4, -0.2) is 18.2 Å². The lowest BCUT2D eigenvalue weighted by Crippen LogP contribution is -2.01. The molecular weight excluding hydrogens is 204 g/mol. The minimum Gasteiger partial charge on any atom is -0.508 e. The van der Waals surface area contributed by atoms with Gasteiger partial charge in [-0.05, 0) is 24.1 Å². The lowest BCUT2D eigenvalue weighted by atomic mass is 10.1. The van der Waals surface area contributed by atoms with Crippen molar-refractivity contribution in [2.45, 2.75) is 20.3 Å². The molecule has 1 aromatic carbocycles. The molecule has 1 N–H and O–H groups in total. The van der Waals surface area contributed by atoms with Gasteiger partial charge in [0.25, 0.3) is 0 Å². The maximum atomic E-state index is 11.1. The smallest absolute Gasteiger partial charge is 0.337 e. The zero-order valence-electron chi connectivity index (χ0n) is 9.99. The first-order valence-electron chi connectivity index (χ1n) is 5.20. The van der Waals surface area contributed by atoms with Crippen molar-refractivity contribution in [1.29, 1.82) is 0 Å². The molecule has 1 aromatic rings. The van der Waals surface area contributed by atoms with Gasteiger partial charge in [0.15, 0.2) is 0 Å². The highest BCUT2D eigenvalue weighted by atomic mass is 16.5. The van der Waals surface area contributed by atoms with E-state index in [-0.39, 0.29) is 5.75 Å². The van der Waals surface area contributed by atoms with E-state index in [1.165, 1.54) is 13.2 Å². The molecule has 3 nitrogen and oxygen atoms in total. The lowest BCUT2D eigenvalue weighted by molar-refractivity contribution is 0.0600. The van der Waals surface area contributed by atoms with Gasteiger partial charge in [0.2, 0.25) is 0 Å². The normalized spacial score (nSPS) is 8.69. The van der Waals surface area contributed by atoms with Crippen molar-refractivity contribution in [3.63, 3.8) is 0 Å². The molecule has 0 atom stereocenters. The van der Waals surface area contributed by atoms with Crippen LogP contribution in [0.3, 0.4) is 0 Å². The predicted octanol–water partition coefficient (Wildman–Crippen LogP) is 2.93. The summed E-state index contributed by atoms with van der Waals surface area (Å²) in [5.74, 6) is -0.363. The highest BCUT2D eigenvalue weighted by Crippen LogP contribution is 2.19. The molecule has 16 heavy (non-hydrogen) atoms. The fourth-order valence-corrected chi connectivity index (χ4v) is 1.14. The predicted molar refractivity (Wildman–Crippen MR) is 64.7 cm³/mol. The molecule has 1 rings (SSSR count). The summed E-state index contributed by atoms with van der Waals surface area (Å²) in [6.07, 6.45) is 2.26. The Bertz CT molecular complexity index is 356. The second kappa shape index (κ2) is 7.51. The molecule has 88 valence electrons. The standard InChI is InChI=1S/C11H12O3.C2H6/c1-3-4-8-5-6-9(7-10(8)12)11(13)14-2;1-2/h3,5-7,12H,1,4H2,2H3;1-2H3. The van der Waals surface area contributed by atoms with Crippen molar-refractivity contribution >= 4 is 5.97 Å². The molecule has 0 aliphatic carbocycles. The van der Waals surface area contributed by atoms with Crippen molar-refractivity contribution in [3.8, 4) is 5.75 Å². The second-order valence-corrected chi connectivity index (χ2v) is 2.83. The Morgan fingerprint density at radius 3 is 2.56 bits per heavy atom. The van der Waals surface area contributed by atoms with Crippen LogP contribution < -0.4 is 0 Å². The van der Waals surface area contributed by atoms with Crippen LogP contribution in [0.5, 0.6) is 5.75 Å². The maximum Gasteiger partial charge on any atom is 0.337 e. The number of benzene rings is 1. The second-order valence-electron chi connectivity index (χ2n) is 2.83. The van der Waals surface area contributed by atoms with Crippen LogP contribution >= 0.6 is 0 Å². The Balaban J connectivity index is 0.00000106. The van der Waals surface area contributed by atoms with Crippen LogP contribution in [0.2, 0.25) is 0 Å². The van der Waals surface area contributed by atoms with Crippen LogP contribution in [0.15, 0.2) is 30.9 Å². The molecule has 0 saturated heterocycles. The monoisotopic (exact) mass is 222 g/mol. The van der Waals surface area contributed by atoms with Crippen LogP contribution in [-0.2, 0) is 11.2 Å². The van der Waals surface area contributed by atoms with E-state index in [1.54, 1.807) is 18.2 Å². The largest absolute Gasteiger partial charge is 0.508 e. The fraction of sp³-hybridized carbons (Fsp3) is 0.308. The third-order valence-corrected chi connectivity index (χ3v) is 1.87. The van der Waals surface area contributed by atoms with E-state index in [4.69, 9.17) is 0 Å². The number of hydrogen-bond acceptors (Lipinski definition) is 3. The molecule has 0 fully saturated rings. The van der Waals surface area contributed by atoms with Crippen LogP contribution in [0.1, 0.15) is 29.8 Å². The first kappa shape index (κ1) is 14.2.